The maximum atomic E-state index is 13.6. The lowest BCUT2D eigenvalue weighted by atomic mass is 10.2. The van der Waals surface area contributed by atoms with Crippen molar-refractivity contribution < 1.29 is 19.1 Å². The quantitative estimate of drug-likeness (QED) is 0.945. The third-order valence-electron chi connectivity index (χ3n) is 3.86. The van der Waals surface area contributed by atoms with Gasteiger partial charge in [-0.25, -0.2) is 9.18 Å². The Morgan fingerprint density at radius 2 is 2.19 bits per heavy atom. The van der Waals surface area contributed by atoms with E-state index in [1.54, 1.807) is 10.6 Å². The summed E-state index contributed by atoms with van der Waals surface area (Å²) < 4.78 is 15.2. The Morgan fingerprint density at radius 3 is 2.76 bits per heavy atom. The van der Waals surface area contributed by atoms with Gasteiger partial charge in [-0.15, -0.1) is 0 Å². The molecule has 1 saturated heterocycles. The van der Waals surface area contributed by atoms with Gasteiger partial charge in [-0.2, -0.15) is 0 Å². The van der Waals surface area contributed by atoms with Crippen LogP contribution in [0.4, 0.5) is 10.1 Å². The second kappa shape index (κ2) is 4.87. The number of aromatic carboxylic acids is 1. The Hall–Kier alpha value is -2.37. The van der Waals surface area contributed by atoms with Crippen molar-refractivity contribution in [3.05, 3.63) is 29.7 Å². The van der Waals surface area contributed by atoms with Gasteiger partial charge in [-0.1, -0.05) is 0 Å². The van der Waals surface area contributed by atoms with Crippen LogP contribution in [-0.4, -0.2) is 28.1 Å². The molecule has 2 aromatic rings. The topological polar surface area (TPSA) is 62.5 Å². The van der Waals surface area contributed by atoms with Crippen LogP contribution in [0.15, 0.2) is 18.2 Å². The van der Waals surface area contributed by atoms with Crippen molar-refractivity contribution in [2.24, 2.45) is 0 Å². The summed E-state index contributed by atoms with van der Waals surface area (Å²) in [5, 5.41) is 10.0. The van der Waals surface area contributed by atoms with Crippen molar-refractivity contribution in [1.29, 1.82) is 0 Å². The van der Waals surface area contributed by atoms with Gasteiger partial charge in [0.15, 0.2) is 5.69 Å². The largest absolute Gasteiger partial charge is 0.477 e. The fourth-order valence-electron chi connectivity index (χ4n) is 3.01. The summed E-state index contributed by atoms with van der Waals surface area (Å²) in [4.78, 5) is 25.1. The first kappa shape index (κ1) is 13.6. The van der Waals surface area contributed by atoms with Crippen molar-refractivity contribution in [3.8, 4) is 0 Å². The maximum Gasteiger partial charge on any atom is 0.354 e. The molecule has 0 aliphatic carbocycles. The average molecular weight is 290 g/mol. The normalized spacial score (nSPS) is 15.1. The van der Waals surface area contributed by atoms with Gasteiger partial charge in [0, 0.05) is 24.9 Å². The third-order valence-corrected chi connectivity index (χ3v) is 3.86. The van der Waals surface area contributed by atoms with E-state index in [2.05, 4.69) is 0 Å². The molecule has 0 spiro atoms. The number of carbonyl (C=O) groups is 2. The Morgan fingerprint density at radius 1 is 1.43 bits per heavy atom. The van der Waals surface area contributed by atoms with Gasteiger partial charge >= 0.3 is 5.97 Å². The van der Waals surface area contributed by atoms with E-state index < -0.39 is 11.8 Å². The zero-order valence-corrected chi connectivity index (χ0v) is 11.6. The molecule has 1 fully saturated rings. The van der Waals surface area contributed by atoms with E-state index in [0.717, 1.165) is 0 Å². The molecule has 1 aromatic carbocycles. The Labute approximate surface area is 120 Å². The fourth-order valence-corrected chi connectivity index (χ4v) is 3.01. The summed E-state index contributed by atoms with van der Waals surface area (Å²) >= 11 is 0. The van der Waals surface area contributed by atoms with Crippen LogP contribution in [0.5, 0.6) is 0 Å². The van der Waals surface area contributed by atoms with Crippen LogP contribution in [0.2, 0.25) is 0 Å². The number of rotatable bonds is 3. The molecule has 110 valence electrons. The van der Waals surface area contributed by atoms with Gasteiger partial charge in [-0.3, -0.25) is 4.79 Å². The van der Waals surface area contributed by atoms with Crippen molar-refractivity contribution in [2.45, 2.75) is 26.3 Å². The molecule has 1 aliphatic heterocycles. The van der Waals surface area contributed by atoms with Crippen LogP contribution in [-0.2, 0) is 11.3 Å². The second-order valence-electron chi connectivity index (χ2n) is 5.06. The highest BCUT2D eigenvalue weighted by molar-refractivity contribution is 6.12. The summed E-state index contributed by atoms with van der Waals surface area (Å²) in [5.74, 6) is -1.67. The number of carboxylic acid groups (broad SMARTS) is 1. The molecule has 5 nitrogen and oxygen atoms in total. The van der Waals surface area contributed by atoms with Gasteiger partial charge in [0.25, 0.3) is 0 Å². The Bertz CT molecular complexity index is 751. The van der Waals surface area contributed by atoms with Crippen LogP contribution < -0.4 is 4.90 Å². The van der Waals surface area contributed by atoms with Crippen molar-refractivity contribution in [1.82, 2.24) is 4.57 Å². The molecule has 21 heavy (non-hydrogen) atoms. The number of carboxylic acids is 1. The van der Waals surface area contributed by atoms with E-state index in [1.807, 2.05) is 6.92 Å². The summed E-state index contributed by atoms with van der Waals surface area (Å²) in [5.41, 5.74) is 1.00. The lowest BCUT2D eigenvalue weighted by Gasteiger charge is -2.16. The summed E-state index contributed by atoms with van der Waals surface area (Å²) in [6.45, 7) is 2.73. The molecule has 1 aromatic heterocycles. The highest BCUT2D eigenvalue weighted by Crippen LogP contribution is 2.36. The fraction of sp³-hybridized carbons (Fsp3) is 0.333. The molecule has 0 saturated carbocycles. The molecule has 0 bridgehead atoms. The minimum atomic E-state index is -1.11. The van der Waals surface area contributed by atoms with Crippen LogP contribution in [0.25, 0.3) is 10.9 Å². The van der Waals surface area contributed by atoms with E-state index >= 15 is 0 Å². The van der Waals surface area contributed by atoms with Crippen molar-refractivity contribution >= 4 is 28.5 Å². The predicted molar refractivity (Wildman–Crippen MR) is 76.1 cm³/mol. The molecule has 1 amide bonds. The number of nitrogens with zero attached hydrogens (tertiary/aromatic N) is 2. The first-order valence-corrected chi connectivity index (χ1v) is 6.90. The minimum Gasteiger partial charge on any atom is -0.477 e. The number of halogens is 1. The van der Waals surface area contributed by atoms with E-state index in [0.29, 0.717) is 42.5 Å². The number of aryl methyl sites for hydroxylation is 1. The molecular formula is C15H15FN2O3. The van der Waals surface area contributed by atoms with E-state index in [-0.39, 0.29) is 11.6 Å². The van der Waals surface area contributed by atoms with E-state index in [9.17, 15) is 19.1 Å². The highest BCUT2D eigenvalue weighted by atomic mass is 19.1. The molecule has 2 heterocycles. The third kappa shape index (κ3) is 1.98. The van der Waals surface area contributed by atoms with Crippen molar-refractivity contribution in [3.63, 3.8) is 0 Å². The average Bonchev–Trinajstić information content (AvgIpc) is 2.98. The first-order valence-electron chi connectivity index (χ1n) is 6.90. The van der Waals surface area contributed by atoms with Crippen LogP contribution in [0.3, 0.4) is 0 Å². The maximum absolute atomic E-state index is 13.6. The lowest BCUT2D eigenvalue weighted by molar-refractivity contribution is -0.117. The number of hydrogen-bond acceptors (Lipinski definition) is 2. The summed E-state index contributed by atoms with van der Waals surface area (Å²) in [6.07, 6.45) is 1.08. The second-order valence-corrected chi connectivity index (χ2v) is 5.06. The van der Waals surface area contributed by atoms with Crippen LogP contribution in [0, 0.1) is 5.82 Å². The molecule has 3 rings (SSSR count). The number of anilines is 1. The highest BCUT2D eigenvalue weighted by Gasteiger charge is 2.31. The predicted octanol–water partition coefficient (Wildman–Crippen LogP) is 2.63. The lowest BCUT2D eigenvalue weighted by Crippen LogP contribution is -2.26. The number of hydrogen-bond donors (Lipinski definition) is 1. The van der Waals surface area contributed by atoms with Crippen LogP contribution >= 0.6 is 0 Å². The number of amides is 1. The van der Waals surface area contributed by atoms with Gasteiger partial charge in [0.05, 0.1) is 11.2 Å². The minimum absolute atomic E-state index is 0.0494. The Kier molecular flexibility index (Phi) is 3.16. The molecular weight excluding hydrogens is 275 g/mol. The molecule has 6 heteroatoms. The zero-order valence-electron chi connectivity index (χ0n) is 11.6. The van der Waals surface area contributed by atoms with Gasteiger partial charge in [0.1, 0.15) is 5.82 Å². The van der Waals surface area contributed by atoms with E-state index in [1.165, 1.54) is 17.0 Å². The summed E-state index contributed by atoms with van der Waals surface area (Å²) in [6, 6.07) is 4.16. The number of benzene rings is 1. The SMILES string of the molecule is CCn1c(C(=O)O)c(N2CCCC2=O)c2cc(F)ccc21. The Balaban J connectivity index is 2.38. The van der Waals surface area contributed by atoms with Gasteiger partial charge in [0.2, 0.25) is 5.91 Å². The van der Waals surface area contributed by atoms with Crippen LogP contribution in [0.1, 0.15) is 30.3 Å². The number of fused-ring (bicyclic) bond motifs is 1. The number of carbonyl (C=O) groups excluding carboxylic acids is 1. The smallest absolute Gasteiger partial charge is 0.354 e. The number of aromatic nitrogens is 1. The van der Waals surface area contributed by atoms with Gasteiger partial charge < -0.3 is 14.6 Å². The monoisotopic (exact) mass is 290 g/mol. The standard InChI is InChI=1S/C15H15FN2O3/c1-2-17-11-6-5-9(16)8-10(11)13(14(17)15(20)21)18-7-3-4-12(18)19/h5-6,8H,2-4,7H2,1H3,(H,20,21). The molecule has 0 unspecified atom stereocenters. The molecule has 1 aliphatic rings. The van der Waals surface area contributed by atoms with E-state index in [4.69, 9.17) is 0 Å². The van der Waals surface area contributed by atoms with Crippen molar-refractivity contribution in [2.75, 3.05) is 11.4 Å². The first-order chi connectivity index (χ1) is 10.0. The molecule has 0 atom stereocenters. The van der Waals surface area contributed by atoms with Gasteiger partial charge in [-0.05, 0) is 31.5 Å². The summed E-state index contributed by atoms with van der Waals surface area (Å²) in [7, 11) is 0. The molecule has 1 N–H and O–H groups in total. The molecule has 0 radical (unpaired) electrons. The zero-order chi connectivity index (χ0) is 15.1.